The Morgan fingerprint density at radius 3 is 2.58 bits per heavy atom. The van der Waals surface area contributed by atoms with Gasteiger partial charge in [-0.15, -0.1) is 11.3 Å². The summed E-state index contributed by atoms with van der Waals surface area (Å²) in [6, 6.07) is 7.11. The molecule has 0 atom stereocenters. The van der Waals surface area contributed by atoms with Crippen LogP contribution in [0, 0.1) is 0 Å². The second-order valence-electron chi connectivity index (χ2n) is 5.77. The van der Waals surface area contributed by atoms with Crippen LogP contribution < -0.4 is 5.32 Å². The largest absolute Gasteiger partial charge is 0.349 e. The Balaban J connectivity index is 1.54. The zero-order chi connectivity index (χ0) is 17.0. The minimum absolute atomic E-state index is 0.0201. The number of nitrogens with zero attached hydrogens (tertiary/aromatic N) is 2. The second-order valence-corrected chi connectivity index (χ2v) is 6.72. The summed E-state index contributed by atoms with van der Waals surface area (Å²) in [5.74, 6) is -0.702. The molecule has 1 aliphatic heterocycles. The van der Waals surface area contributed by atoms with Crippen molar-refractivity contribution in [1.82, 2.24) is 15.2 Å². The van der Waals surface area contributed by atoms with Gasteiger partial charge in [0.15, 0.2) is 5.67 Å². The van der Waals surface area contributed by atoms with Gasteiger partial charge in [0.25, 0.3) is 11.8 Å². The van der Waals surface area contributed by atoms with E-state index < -0.39 is 11.6 Å². The van der Waals surface area contributed by atoms with Gasteiger partial charge >= 0.3 is 0 Å². The molecule has 7 heteroatoms. The van der Waals surface area contributed by atoms with Crippen LogP contribution in [-0.4, -0.2) is 40.5 Å². The molecule has 1 N–H and O–H groups in total. The van der Waals surface area contributed by atoms with E-state index in [4.69, 9.17) is 0 Å². The highest BCUT2D eigenvalue weighted by Gasteiger charge is 2.42. The summed E-state index contributed by atoms with van der Waals surface area (Å²) in [6.07, 6.45) is 3.29. The topological polar surface area (TPSA) is 62.3 Å². The Morgan fingerprint density at radius 1 is 1.25 bits per heavy atom. The van der Waals surface area contributed by atoms with Crippen molar-refractivity contribution in [2.24, 2.45) is 0 Å². The highest BCUT2D eigenvalue weighted by atomic mass is 32.1. The number of carbonyl (C=O) groups is 2. The Labute approximate surface area is 143 Å². The molecule has 126 valence electrons. The standard InChI is InChI=1S/C17H18FN3O2S/c18-17(16(23)20-12-13-3-7-19-8-4-13)5-9-21(10-6-17)15(22)14-2-1-11-24-14/h1-4,7-8,11H,5-6,9-10,12H2,(H,20,23). The number of halogens is 1. The number of thiophene rings is 1. The van der Waals surface area contributed by atoms with Crippen molar-refractivity contribution in [2.45, 2.75) is 25.1 Å². The second kappa shape index (κ2) is 7.09. The molecule has 3 heterocycles. The van der Waals surface area contributed by atoms with Gasteiger partial charge < -0.3 is 10.2 Å². The maximum absolute atomic E-state index is 14.9. The molecule has 24 heavy (non-hydrogen) atoms. The van der Waals surface area contributed by atoms with Crippen molar-refractivity contribution in [3.05, 3.63) is 52.5 Å². The van der Waals surface area contributed by atoms with E-state index in [-0.39, 0.29) is 38.4 Å². The van der Waals surface area contributed by atoms with Crippen molar-refractivity contribution in [3.63, 3.8) is 0 Å². The van der Waals surface area contributed by atoms with Crippen molar-refractivity contribution in [3.8, 4) is 0 Å². The maximum Gasteiger partial charge on any atom is 0.263 e. The molecule has 0 spiro atoms. The molecular weight excluding hydrogens is 329 g/mol. The smallest absolute Gasteiger partial charge is 0.263 e. The summed E-state index contributed by atoms with van der Waals surface area (Å²) < 4.78 is 14.9. The fourth-order valence-corrected chi connectivity index (χ4v) is 3.38. The first-order valence-corrected chi connectivity index (χ1v) is 8.65. The van der Waals surface area contributed by atoms with Crippen LogP contribution in [0.3, 0.4) is 0 Å². The van der Waals surface area contributed by atoms with Gasteiger partial charge in [0.2, 0.25) is 0 Å². The highest BCUT2D eigenvalue weighted by molar-refractivity contribution is 7.12. The number of amides is 2. The van der Waals surface area contributed by atoms with E-state index in [0.717, 1.165) is 5.56 Å². The number of rotatable bonds is 4. The van der Waals surface area contributed by atoms with Gasteiger partial charge in [0, 0.05) is 44.9 Å². The monoisotopic (exact) mass is 347 g/mol. The summed E-state index contributed by atoms with van der Waals surface area (Å²) in [5, 5.41) is 4.47. The van der Waals surface area contributed by atoms with Crippen molar-refractivity contribution in [2.75, 3.05) is 13.1 Å². The van der Waals surface area contributed by atoms with Crippen LogP contribution in [0.4, 0.5) is 4.39 Å². The lowest BCUT2D eigenvalue weighted by Gasteiger charge is -2.35. The predicted octanol–water partition coefficient (Wildman–Crippen LogP) is 2.40. The first-order valence-electron chi connectivity index (χ1n) is 7.77. The molecule has 1 saturated heterocycles. The molecule has 3 rings (SSSR count). The van der Waals surface area contributed by atoms with E-state index in [1.807, 2.05) is 11.4 Å². The van der Waals surface area contributed by atoms with Gasteiger partial charge in [-0.05, 0) is 29.1 Å². The van der Waals surface area contributed by atoms with E-state index >= 15 is 0 Å². The minimum atomic E-state index is -1.92. The van der Waals surface area contributed by atoms with E-state index in [1.54, 1.807) is 35.5 Å². The van der Waals surface area contributed by atoms with Gasteiger partial charge in [0.05, 0.1) is 4.88 Å². The third kappa shape index (κ3) is 3.62. The summed E-state index contributed by atoms with van der Waals surface area (Å²) in [5.41, 5.74) is -1.05. The Morgan fingerprint density at radius 2 is 1.96 bits per heavy atom. The van der Waals surface area contributed by atoms with Gasteiger partial charge in [0.1, 0.15) is 0 Å². The van der Waals surface area contributed by atoms with E-state index in [2.05, 4.69) is 10.3 Å². The summed E-state index contributed by atoms with van der Waals surface area (Å²) in [6.45, 7) is 0.761. The number of nitrogens with one attached hydrogen (secondary N) is 1. The van der Waals surface area contributed by atoms with E-state index in [9.17, 15) is 14.0 Å². The summed E-state index contributed by atoms with van der Waals surface area (Å²) >= 11 is 1.37. The lowest BCUT2D eigenvalue weighted by molar-refractivity contribution is -0.135. The first kappa shape index (κ1) is 16.6. The summed E-state index contributed by atoms with van der Waals surface area (Å²) in [4.78, 5) is 30.6. The number of piperidine rings is 1. The Bertz CT molecular complexity index is 698. The molecule has 0 bridgehead atoms. The molecule has 2 aromatic rings. The molecule has 0 saturated carbocycles. The number of hydrogen-bond donors (Lipinski definition) is 1. The van der Waals surface area contributed by atoms with Crippen LogP contribution in [0.25, 0.3) is 0 Å². The predicted molar refractivity (Wildman–Crippen MR) is 89.4 cm³/mol. The first-order chi connectivity index (χ1) is 11.6. The lowest BCUT2D eigenvalue weighted by Crippen LogP contribution is -2.52. The van der Waals surface area contributed by atoms with Crippen LogP contribution in [0.1, 0.15) is 28.1 Å². The van der Waals surface area contributed by atoms with Gasteiger partial charge in [-0.3, -0.25) is 14.6 Å². The van der Waals surface area contributed by atoms with Crippen LogP contribution in [0.5, 0.6) is 0 Å². The van der Waals surface area contributed by atoms with Crippen molar-refractivity contribution in [1.29, 1.82) is 0 Å². The van der Waals surface area contributed by atoms with Gasteiger partial charge in [-0.1, -0.05) is 6.07 Å². The normalized spacial score (nSPS) is 16.6. The molecule has 1 aliphatic rings. The quantitative estimate of drug-likeness (QED) is 0.924. The molecule has 5 nitrogen and oxygen atoms in total. The molecule has 1 fully saturated rings. The molecular formula is C17H18FN3O2S. The SMILES string of the molecule is O=C(c1cccs1)N1CCC(F)(C(=O)NCc2ccncc2)CC1. The molecule has 0 unspecified atom stereocenters. The fourth-order valence-electron chi connectivity index (χ4n) is 2.69. The molecule has 2 aromatic heterocycles. The number of alkyl halides is 1. The number of likely N-dealkylation sites (tertiary alicyclic amines) is 1. The molecule has 0 radical (unpaired) electrons. The van der Waals surface area contributed by atoms with Crippen LogP contribution in [0.15, 0.2) is 42.0 Å². The zero-order valence-electron chi connectivity index (χ0n) is 13.1. The van der Waals surface area contributed by atoms with Gasteiger partial charge in [-0.2, -0.15) is 0 Å². The van der Waals surface area contributed by atoms with Crippen LogP contribution in [-0.2, 0) is 11.3 Å². The maximum atomic E-state index is 14.9. The minimum Gasteiger partial charge on any atom is -0.349 e. The van der Waals surface area contributed by atoms with E-state index in [0.29, 0.717) is 4.88 Å². The zero-order valence-corrected chi connectivity index (χ0v) is 13.9. The molecule has 0 aromatic carbocycles. The average molecular weight is 347 g/mol. The van der Waals surface area contributed by atoms with Crippen molar-refractivity contribution < 1.29 is 14.0 Å². The highest BCUT2D eigenvalue weighted by Crippen LogP contribution is 2.28. The number of aromatic nitrogens is 1. The lowest BCUT2D eigenvalue weighted by atomic mass is 9.92. The number of carbonyl (C=O) groups excluding carboxylic acids is 2. The third-order valence-corrected chi connectivity index (χ3v) is 5.04. The van der Waals surface area contributed by atoms with Crippen molar-refractivity contribution >= 4 is 23.2 Å². The van der Waals surface area contributed by atoms with E-state index in [1.165, 1.54) is 11.3 Å². The summed E-state index contributed by atoms with van der Waals surface area (Å²) in [7, 11) is 0. The number of hydrogen-bond acceptors (Lipinski definition) is 4. The number of pyridine rings is 1. The third-order valence-electron chi connectivity index (χ3n) is 4.18. The molecule has 0 aliphatic carbocycles. The average Bonchev–Trinajstić information content (AvgIpc) is 3.15. The Hall–Kier alpha value is -2.28. The fraction of sp³-hybridized carbons (Fsp3) is 0.353. The van der Waals surface area contributed by atoms with Gasteiger partial charge in [-0.25, -0.2) is 4.39 Å². The Kier molecular flexibility index (Phi) is 4.89. The van der Waals surface area contributed by atoms with Crippen LogP contribution in [0.2, 0.25) is 0 Å². The van der Waals surface area contributed by atoms with Crippen LogP contribution >= 0.6 is 11.3 Å². The molecule has 2 amide bonds.